The summed E-state index contributed by atoms with van der Waals surface area (Å²) in [4.78, 5) is 24.3. The summed E-state index contributed by atoms with van der Waals surface area (Å²) in [5.41, 5.74) is 1.27. The number of nitrogens with one attached hydrogen (secondary N) is 1. The molecular formula is C12H11N5O3. The number of tetrazole rings is 1. The first kappa shape index (κ1) is 12.3. The summed E-state index contributed by atoms with van der Waals surface area (Å²) in [6, 6.07) is 6.79. The molecule has 1 aliphatic rings. The second-order valence-electron chi connectivity index (χ2n) is 4.56. The molecule has 0 saturated carbocycles. The highest BCUT2D eigenvalue weighted by Gasteiger charge is 2.35. The van der Waals surface area contributed by atoms with Gasteiger partial charge in [0.2, 0.25) is 5.82 Å². The quantitative estimate of drug-likeness (QED) is 0.815. The van der Waals surface area contributed by atoms with Gasteiger partial charge in [0.05, 0.1) is 5.92 Å². The molecule has 102 valence electrons. The number of amides is 1. The summed E-state index contributed by atoms with van der Waals surface area (Å²) in [5.74, 6) is -1.01. The zero-order valence-corrected chi connectivity index (χ0v) is 10.4. The Morgan fingerprint density at radius 1 is 1.25 bits per heavy atom. The van der Waals surface area contributed by atoms with Crippen molar-refractivity contribution in [2.24, 2.45) is 5.92 Å². The van der Waals surface area contributed by atoms with E-state index in [0.29, 0.717) is 11.4 Å². The van der Waals surface area contributed by atoms with Gasteiger partial charge in [0, 0.05) is 24.2 Å². The van der Waals surface area contributed by atoms with Gasteiger partial charge in [-0.2, -0.15) is 5.21 Å². The number of aromatic amines is 1. The molecule has 0 aliphatic carbocycles. The Kier molecular flexibility index (Phi) is 2.90. The van der Waals surface area contributed by atoms with E-state index in [1.54, 1.807) is 24.3 Å². The molecule has 0 bridgehead atoms. The predicted octanol–water partition coefficient (Wildman–Crippen LogP) is 0.0233. The molecule has 2 N–H and O–H groups in total. The van der Waals surface area contributed by atoms with E-state index in [1.165, 1.54) is 4.90 Å². The maximum Gasteiger partial charge on any atom is 0.310 e. The Balaban J connectivity index is 1.69. The SMILES string of the molecule is O=C(O)C1CN(C(=O)c2ccc(-c3nn[nH]n3)cc2)C1. The van der Waals surface area contributed by atoms with E-state index in [4.69, 9.17) is 5.11 Å². The van der Waals surface area contributed by atoms with Crippen LogP contribution in [0.25, 0.3) is 11.4 Å². The molecule has 0 spiro atoms. The number of hydrogen-bond acceptors (Lipinski definition) is 5. The predicted molar refractivity (Wildman–Crippen MR) is 66.6 cm³/mol. The minimum atomic E-state index is -0.860. The van der Waals surface area contributed by atoms with Crippen LogP contribution < -0.4 is 0 Å². The van der Waals surface area contributed by atoms with Crippen LogP contribution in [0.15, 0.2) is 24.3 Å². The maximum atomic E-state index is 12.1. The van der Waals surface area contributed by atoms with Crippen LogP contribution in [0.5, 0.6) is 0 Å². The summed E-state index contributed by atoms with van der Waals surface area (Å²) >= 11 is 0. The van der Waals surface area contributed by atoms with E-state index in [2.05, 4.69) is 20.6 Å². The highest BCUT2D eigenvalue weighted by atomic mass is 16.4. The number of H-pyrrole nitrogens is 1. The first-order valence-electron chi connectivity index (χ1n) is 6.01. The number of carbonyl (C=O) groups excluding carboxylic acids is 1. The molecule has 0 radical (unpaired) electrons. The zero-order chi connectivity index (χ0) is 14.1. The molecule has 8 heteroatoms. The van der Waals surface area contributed by atoms with Gasteiger partial charge in [-0.05, 0) is 17.3 Å². The molecule has 20 heavy (non-hydrogen) atoms. The van der Waals surface area contributed by atoms with Crippen molar-refractivity contribution in [1.82, 2.24) is 25.5 Å². The first-order chi connectivity index (χ1) is 9.65. The number of hydrogen-bond donors (Lipinski definition) is 2. The zero-order valence-electron chi connectivity index (χ0n) is 10.4. The topological polar surface area (TPSA) is 112 Å². The Labute approximate surface area is 113 Å². The number of aliphatic carboxylic acids is 1. The fourth-order valence-electron chi connectivity index (χ4n) is 2.03. The van der Waals surface area contributed by atoms with Crippen molar-refractivity contribution in [3.05, 3.63) is 29.8 Å². The number of rotatable bonds is 3. The van der Waals surface area contributed by atoms with Gasteiger partial charge in [0.15, 0.2) is 0 Å². The molecule has 2 aromatic rings. The summed E-state index contributed by atoms with van der Waals surface area (Å²) in [7, 11) is 0. The van der Waals surface area contributed by atoms with Gasteiger partial charge in [-0.3, -0.25) is 9.59 Å². The lowest BCUT2D eigenvalue weighted by atomic mass is 9.99. The number of nitrogens with zero attached hydrogens (tertiary/aromatic N) is 4. The lowest BCUT2D eigenvalue weighted by Gasteiger charge is -2.36. The third-order valence-corrected chi connectivity index (χ3v) is 3.25. The number of carbonyl (C=O) groups is 2. The van der Waals surface area contributed by atoms with Gasteiger partial charge in [-0.25, -0.2) is 0 Å². The van der Waals surface area contributed by atoms with Gasteiger partial charge in [0.25, 0.3) is 5.91 Å². The molecular weight excluding hydrogens is 262 g/mol. The molecule has 0 unspecified atom stereocenters. The molecule has 8 nitrogen and oxygen atoms in total. The lowest BCUT2D eigenvalue weighted by molar-refractivity contribution is -0.146. The normalized spacial score (nSPS) is 14.9. The van der Waals surface area contributed by atoms with Crippen LogP contribution in [-0.2, 0) is 4.79 Å². The van der Waals surface area contributed by atoms with E-state index < -0.39 is 11.9 Å². The van der Waals surface area contributed by atoms with E-state index >= 15 is 0 Å². The number of aromatic nitrogens is 4. The van der Waals surface area contributed by atoms with Gasteiger partial charge in [0.1, 0.15) is 0 Å². The van der Waals surface area contributed by atoms with Gasteiger partial charge in [-0.15, -0.1) is 10.2 Å². The molecule has 1 fully saturated rings. The van der Waals surface area contributed by atoms with Crippen LogP contribution in [0.2, 0.25) is 0 Å². The Bertz CT molecular complexity index is 632. The van der Waals surface area contributed by atoms with Crippen molar-refractivity contribution in [3.8, 4) is 11.4 Å². The van der Waals surface area contributed by atoms with Crippen molar-refractivity contribution in [2.75, 3.05) is 13.1 Å². The van der Waals surface area contributed by atoms with Crippen molar-refractivity contribution < 1.29 is 14.7 Å². The summed E-state index contributed by atoms with van der Waals surface area (Å²) in [6.45, 7) is 0.529. The Hall–Kier alpha value is -2.77. The molecule has 1 aromatic carbocycles. The van der Waals surface area contributed by atoms with Crippen molar-refractivity contribution >= 4 is 11.9 Å². The minimum Gasteiger partial charge on any atom is -0.481 e. The molecule has 1 saturated heterocycles. The summed E-state index contributed by atoms with van der Waals surface area (Å²) < 4.78 is 0. The number of likely N-dealkylation sites (tertiary alicyclic amines) is 1. The fourth-order valence-corrected chi connectivity index (χ4v) is 2.03. The van der Waals surface area contributed by atoms with Crippen molar-refractivity contribution in [3.63, 3.8) is 0 Å². The second kappa shape index (κ2) is 4.72. The minimum absolute atomic E-state index is 0.165. The summed E-state index contributed by atoms with van der Waals surface area (Å²) in [6.07, 6.45) is 0. The fraction of sp³-hybridized carbons (Fsp3) is 0.250. The van der Waals surface area contributed by atoms with Gasteiger partial charge in [-0.1, -0.05) is 12.1 Å². The van der Waals surface area contributed by atoms with E-state index in [-0.39, 0.29) is 19.0 Å². The van der Waals surface area contributed by atoms with Crippen molar-refractivity contribution in [1.29, 1.82) is 0 Å². The van der Waals surface area contributed by atoms with Crippen LogP contribution in [0.3, 0.4) is 0 Å². The third kappa shape index (κ3) is 2.11. The monoisotopic (exact) mass is 273 g/mol. The highest BCUT2D eigenvalue weighted by molar-refractivity contribution is 5.96. The number of carboxylic acids is 1. The van der Waals surface area contributed by atoms with Crippen LogP contribution in [-0.4, -0.2) is 55.6 Å². The summed E-state index contributed by atoms with van der Waals surface area (Å²) in [5, 5.41) is 22.3. The third-order valence-electron chi connectivity index (χ3n) is 3.25. The molecule has 2 heterocycles. The Morgan fingerprint density at radius 2 is 1.95 bits per heavy atom. The van der Waals surface area contributed by atoms with E-state index in [9.17, 15) is 9.59 Å². The molecule has 1 aliphatic heterocycles. The standard InChI is InChI=1S/C12H11N5O3/c18-11(17-5-9(6-17)12(19)20)8-3-1-7(2-4-8)10-13-15-16-14-10/h1-4,9H,5-6H2,(H,19,20)(H,13,14,15,16). The number of benzene rings is 1. The van der Waals surface area contributed by atoms with Crippen LogP contribution in [0.4, 0.5) is 0 Å². The lowest BCUT2D eigenvalue weighted by Crippen LogP contribution is -2.53. The van der Waals surface area contributed by atoms with E-state index in [0.717, 1.165) is 5.56 Å². The van der Waals surface area contributed by atoms with Crippen LogP contribution in [0, 0.1) is 5.92 Å². The highest BCUT2D eigenvalue weighted by Crippen LogP contribution is 2.20. The molecule has 3 rings (SSSR count). The Morgan fingerprint density at radius 3 is 2.50 bits per heavy atom. The number of carboxylic acid groups (broad SMARTS) is 1. The van der Waals surface area contributed by atoms with Crippen LogP contribution in [0.1, 0.15) is 10.4 Å². The smallest absolute Gasteiger partial charge is 0.310 e. The molecule has 0 atom stereocenters. The maximum absolute atomic E-state index is 12.1. The average Bonchev–Trinajstić information content (AvgIpc) is 2.90. The first-order valence-corrected chi connectivity index (χ1v) is 6.01. The van der Waals surface area contributed by atoms with E-state index in [1.807, 2.05) is 0 Å². The van der Waals surface area contributed by atoms with Crippen LogP contribution >= 0.6 is 0 Å². The van der Waals surface area contributed by atoms with Gasteiger partial charge >= 0.3 is 5.97 Å². The molecule has 1 amide bonds. The van der Waals surface area contributed by atoms with Crippen molar-refractivity contribution in [2.45, 2.75) is 0 Å². The average molecular weight is 273 g/mol. The second-order valence-corrected chi connectivity index (χ2v) is 4.56. The van der Waals surface area contributed by atoms with Gasteiger partial charge < -0.3 is 10.0 Å². The largest absolute Gasteiger partial charge is 0.481 e. The molecule has 1 aromatic heterocycles.